The van der Waals surface area contributed by atoms with Crippen LogP contribution in [0.5, 0.6) is 5.75 Å². The number of carbonyl (C=O) groups excluding carboxylic acids is 2. The molecule has 2 aliphatic rings. The fourth-order valence-electron chi connectivity index (χ4n) is 5.96. The van der Waals surface area contributed by atoms with Gasteiger partial charge in [-0.3, -0.25) is 14.4 Å². The first-order valence-corrected chi connectivity index (χ1v) is 16.0. The minimum atomic E-state index is -5.06. The summed E-state index contributed by atoms with van der Waals surface area (Å²) in [6, 6.07) is 5.25. The van der Waals surface area contributed by atoms with E-state index in [4.69, 9.17) is 9.47 Å². The number of likely N-dealkylation sites (tertiary alicyclic amines) is 1. The minimum Gasteiger partial charge on any atom is -0.497 e. The molecule has 3 aromatic rings. The number of carbonyl (C=O) groups is 2. The third-order valence-corrected chi connectivity index (χ3v) is 8.62. The number of rotatable bonds is 12. The van der Waals surface area contributed by atoms with E-state index >= 15 is 0 Å². The van der Waals surface area contributed by atoms with E-state index in [9.17, 15) is 40.7 Å². The van der Waals surface area contributed by atoms with Crippen molar-refractivity contribution in [3.8, 4) is 5.75 Å². The number of ether oxygens (including phenoxy) is 2. The molecule has 0 spiro atoms. The van der Waals surface area contributed by atoms with Crippen LogP contribution in [0.1, 0.15) is 42.9 Å². The first-order chi connectivity index (χ1) is 24.1. The number of methoxy groups -OCH3 is 1. The van der Waals surface area contributed by atoms with Crippen LogP contribution in [0.2, 0.25) is 0 Å². The molecule has 2 saturated heterocycles. The van der Waals surface area contributed by atoms with Crippen LogP contribution in [0.15, 0.2) is 47.7 Å². The molecule has 2 N–H and O–H groups in total. The van der Waals surface area contributed by atoms with Crippen LogP contribution in [-0.4, -0.2) is 94.5 Å². The van der Waals surface area contributed by atoms with Gasteiger partial charge in [0.15, 0.2) is 0 Å². The van der Waals surface area contributed by atoms with Crippen LogP contribution in [0.25, 0.3) is 0 Å². The summed E-state index contributed by atoms with van der Waals surface area (Å²) in [5.41, 5.74) is -3.89. The molecule has 1 unspecified atom stereocenters. The maximum atomic E-state index is 14.3. The number of alkyl halides is 6. The normalized spacial score (nSPS) is 17.8. The average molecular weight is 727 g/mol. The maximum absolute atomic E-state index is 14.3. The zero-order valence-corrected chi connectivity index (χ0v) is 27.6. The van der Waals surface area contributed by atoms with Crippen LogP contribution in [0, 0.1) is 0 Å². The lowest BCUT2D eigenvalue weighted by Crippen LogP contribution is -2.47. The van der Waals surface area contributed by atoms with E-state index in [0.717, 1.165) is 18.6 Å². The molecule has 0 bridgehead atoms. The molecule has 1 aromatic carbocycles. The molecule has 0 saturated carbocycles. The van der Waals surface area contributed by atoms with Gasteiger partial charge in [0.1, 0.15) is 17.4 Å². The Morgan fingerprint density at radius 2 is 1.63 bits per heavy atom. The van der Waals surface area contributed by atoms with Crippen molar-refractivity contribution < 1.29 is 45.4 Å². The van der Waals surface area contributed by atoms with Gasteiger partial charge in [-0.15, -0.1) is 0 Å². The number of anilines is 2. The smallest absolute Gasteiger partial charge is 0.423 e. The van der Waals surface area contributed by atoms with E-state index in [1.807, 2.05) is 0 Å². The molecule has 276 valence electrons. The van der Waals surface area contributed by atoms with E-state index in [1.165, 1.54) is 14.0 Å². The van der Waals surface area contributed by atoms with E-state index in [2.05, 4.69) is 25.7 Å². The fourth-order valence-corrected chi connectivity index (χ4v) is 5.96. The Labute approximate surface area is 287 Å². The van der Waals surface area contributed by atoms with Crippen molar-refractivity contribution in [2.75, 3.05) is 50.1 Å². The summed E-state index contributed by atoms with van der Waals surface area (Å²) < 4.78 is 93.1. The van der Waals surface area contributed by atoms with Crippen molar-refractivity contribution in [2.45, 2.75) is 63.3 Å². The number of nitrogens with zero attached hydrogens (tertiary/aromatic N) is 6. The molecule has 0 radical (unpaired) electrons. The number of hydrogen-bond acceptors (Lipinski definition) is 10. The van der Waals surface area contributed by atoms with Crippen molar-refractivity contribution in [2.24, 2.45) is 0 Å². The van der Waals surface area contributed by atoms with Gasteiger partial charge < -0.3 is 29.9 Å². The summed E-state index contributed by atoms with van der Waals surface area (Å²) in [6.45, 7) is 1.70. The maximum Gasteiger partial charge on any atom is 0.423 e. The lowest BCUT2D eigenvalue weighted by atomic mass is 10.0. The van der Waals surface area contributed by atoms with E-state index < -0.39 is 52.8 Å². The number of aromatic nitrogens is 4. The van der Waals surface area contributed by atoms with Crippen LogP contribution in [0.3, 0.4) is 0 Å². The van der Waals surface area contributed by atoms with Crippen molar-refractivity contribution >= 4 is 23.5 Å². The van der Waals surface area contributed by atoms with Crippen molar-refractivity contribution in [1.29, 1.82) is 0 Å². The predicted molar refractivity (Wildman–Crippen MR) is 170 cm³/mol. The van der Waals surface area contributed by atoms with E-state index in [0.29, 0.717) is 54.9 Å². The average Bonchev–Trinajstić information content (AvgIpc) is 3.46. The van der Waals surface area contributed by atoms with Gasteiger partial charge >= 0.3 is 12.4 Å². The molecule has 5 rings (SSSR count). The summed E-state index contributed by atoms with van der Waals surface area (Å²) in [5, 5.41) is 9.12. The SMILES string of the molecule is COc1ccc(Cn2ncc(NC(CNC(C)=O)CO[C@@H]3CCN(C4CCN(c5ncc(C(F)(F)F)cn5)CC4)C3=O)c(C(F)(F)F)c2=O)cc1. The van der Waals surface area contributed by atoms with Gasteiger partial charge in [0.25, 0.3) is 11.5 Å². The second-order valence-electron chi connectivity index (χ2n) is 12.2. The summed E-state index contributed by atoms with van der Waals surface area (Å²) in [5.74, 6) is -0.0744. The molecule has 13 nitrogen and oxygen atoms in total. The second kappa shape index (κ2) is 15.5. The third-order valence-electron chi connectivity index (χ3n) is 8.62. The third kappa shape index (κ3) is 9.25. The van der Waals surface area contributed by atoms with Gasteiger partial charge in [0, 0.05) is 58.0 Å². The molecule has 2 amide bonds. The Hall–Kier alpha value is -4.94. The van der Waals surface area contributed by atoms with Gasteiger partial charge in [0.2, 0.25) is 11.9 Å². The molecule has 19 heteroatoms. The van der Waals surface area contributed by atoms with Crippen LogP contribution in [-0.2, 0) is 33.2 Å². The van der Waals surface area contributed by atoms with Crippen LogP contribution in [0.4, 0.5) is 38.0 Å². The first kappa shape index (κ1) is 37.3. The summed E-state index contributed by atoms with van der Waals surface area (Å²) in [7, 11) is 1.47. The van der Waals surface area contributed by atoms with Gasteiger partial charge in [-0.2, -0.15) is 31.4 Å². The molecule has 4 heterocycles. The zero-order valence-electron chi connectivity index (χ0n) is 27.6. The Kier molecular flexibility index (Phi) is 11.4. The summed E-state index contributed by atoms with van der Waals surface area (Å²) in [6.07, 6.45) is -6.84. The van der Waals surface area contributed by atoms with Crippen molar-refractivity contribution in [3.63, 3.8) is 0 Å². The number of halogens is 6. The fraction of sp³-hybridized carbons (Fsp3) is 0.500. The number of piperidine rings is 1. The summed E-state index contributed by atoms with van der Waals surface area (Å²) in [4.78, 5) is 49.2. The number of hydrogen-bond donors (Lipinski definition) is 2. The quantitative estimate of drug-likeness (QED) is 0.267. The Balaban J connectivity index is 1.22. The van der Waals surface area contributed by atoms with E-state index in [-0.39, 0.29) is 37.6 Å². The number of amides is 2. The summed E-state index contributed by atoms with van der Waals surface area (Å²) >= 11 is 0. The topological polar surface area (TPSA) is 144 Å². The number of benzene rings is 1. The van der Waals surface area contributed by atoms with Crippen molar-refractivity contribution in [1.82, 2.24) is 30.0 Å². The highest BCUT2D eigenvalue weighted by Gasteiger charge is 2.40. The molecule has 51 heavy (non-hydrogen) atoms. The zero-order chi connectivity index (χ0) is 36.9. The van der Waals surface area contributed by atoms with Crippen LogP contribution >= 0.6 is 0 Å². The van der Waals surface area contributed by atoms with E-state index in [1.54, 1.807) is 34.1 Å². The molecule has 2 atom stereocenters. The van der Waals surface area contributed by atoms with Crippen LogP contribution < -0.4 is 25.8 Å². The minimum absolute atomic E-state index is 0.159. The molecule has 2 fully saturated rings. The monoisotopic (exact) mass is 726 g/mol. The first-order valence-electron chi connectivity index (χ1n) is 16.0. The lowest BCUT2D eigenvalue weighted by molar-refractivity contribution is -0.140. The second-order valence-corrected chi connectivity index (χ2v) is 12.2. The van der Waals surface area contributed by atoms with Gasteiger partial charge in [-0.1, -0.05) is 12.1 Å². The highest BCUT2D eigenvalue weighted by atomic mass is 19.4. The van der Waals surface area contributed by atoms with Crippen molar-refractivity contribution in [3.05, 3.63) is 69.9 Å². The molecule has 2 aromatic heterocycles. The Morgan fingerprint density at radius 1 is 0.961 bits per heavy atom. The molecule has 2 aliphatic heterocycles. The molecule has 0 aliphatic carbocycles. The Bertz CT molecular complexity index is 1730. The highest BCUT2D eigenvalue weighted by molar-refractivity contribution is 5.83. The Morgan fingerprint density at radius 3 is 2.22 bits per heavy atom. The standard InChI is InChI=1S/C32H36F6N8O5/c1-19(47)39-15-22(43-25-16-42-46(29(49)27(25)32(36,37)38)17-20-3-5-24(50-2)6-4-20)18-51-26-9-12-45(28(26)48)23-7-10-44(11-8-23)30-40-13-21(14-41-30)31(33,34)35/h3-6,13-14,16,22-23,26,43H,7-12,15,17-18H2,1-2H3,(H,39,47)/t22?,26-/m1/s1. The largest absolute Gasteiger partial charge is 0.497 e. The number of nitrogens with one attached hydrogen (secondary N) is 2. The van der Waals surface area contributed by atoms with Gasteiger partial charge in [-0.25, -0.2) is 14.6 Å². The molecular weight excluding hydrogens is 690 g/mol. The van der Waals surface area contributed by atoms with Gasteiger partial charge in [0.05, 0.1) is 43.8 Å². The lowest BCUT2D eigenvalue weighted by Gasteiger charge is -2.36. The predicted octanol–water partition coefficient (Wildman–Crippen LogP) is 3.33. The molecular formula is C32H36F6N8O5. The van der Waals surface area contributed by atoms with Gasteiger partial charge in [-0.05, 0) is 30.5 Å². The highest BCUT2D eigenvalue weighted by Crippen LogP contribution is 2.33.